The summed E-state index contributed by atoms with van der Waals surface area (Å²) in [5, 5.41) is 5.78. The molecule has 198 valence electrons. The van der Waals surface area contributed by atoms with E-state index in [4.69, 9.17) is 9.47 Å². The fourth-order valence-electron chi connectivity index (χ4n) is 4.07. The third-order valence-electron chi connectivity index (χ3n) is 5.98. The number of carbonyl (C=O) groups excluding carboxylic acids is 1. The molecule has 0 spiro atoms. The minimum Gasteiger partial charge on any atom is -0.497 e. The first-order valence-corrected chi connectivity index (χ1v) is 13.5. The largest absolute Gasteiger partial charge is 0.497 e. The molecule has 4 rings (SSSR count). The van der Waals surface area contributed by atoms with Crippen LogP contribution in [0.15, 0.2) is 41.2 Å². The zero-order chi connectivity index (χ0) is 26.6. The molecule has 3 aromatic rings. The Hall–Kier alpha value is -3.55. The van der Waals surface area contributed by atoms with Crippen LogP contribution in [0, 0.1) is 5.82 Å². The number of amides is 1. The van der Waals surface area contributed by atoms with Crippen molar-refractivity contribution in [2.75, 3.05) is 39.6 Å². The van der Waals surface area contributed by atoms with Gasteiger partial charge in [-0.3, -0.25) is 9.59 Å². The quantitative estimate of drug-likeness (QED) is 0.370. The van der Waals surface area contributed by atoms with E-state index in [1.54, 1.807) is 25.3 Å². The van der Waals surface area contributed by atoms with Crippen LogP contribution >= 0.6 is 0 Å². The number of H-pyrrole nitrogens is 1. The van der Waals surface area contributed by atoms with Crippen LogP contribution in [0.4, 0.5) is 4.39 Å². The number of methoxy groups -OCH3 is 1. The van der Waals surface area contributed by atoms with Gasteiger partial charge in [-0.2, -0.15) is 4.31 Å². The molecule has 0 aliphatic carbocycles. The highest BCUT2D eigenvalue weighted by Crippen LogP contribution is 2.25. The molecule has 3 N–H and O–H groups in total. The van der Waals surface area contributed by atoms with Crippen molar-refractivity contribution in [1.82, 2.24) is 24.9 Å². The summed E-state index contributed by atoms with van der Waals surface area (Å²) < 4.78 is 50.4. The zero-order valence-electron chi connectivity index (χ0n) is 20.4. The van der Waals surface area contributed by atoms with Gasteiger partial charge in [0.2, 0.25) is 10.0 Å². The first kappa shape index (κ1) is 26.5. The van der Waals surface area contributed by atoms with Crippen LogP contribution in [0.1, 0.15) is 22.6 Å². The Labute approximate surface area is 213 Å². The Morgan fingerprint density at radius 2 is 2.11 bits per heavy atom. The summed E-state index contributed by atoms with van der Waals surface area (Å²) in [5.74, 6) is -1.20. The average molecular weight is 534 g/mol. The van der Waals surface area contributed by atoms with Crippen molar-refractivity contribution in [2.24, 2.45) is 0 Å². The maximum Gasteiger partial charge on any atom is 0.287 e. The fraction of sp³-hybridized carbons (Fsp3) is 0.375. The van der Waals surface area contributed by atoms with Crippen molar-refractivity contribution in [3.8, 4) is 11.5 Å². The van der Waals surface area contributed by atoms with E-state index < -0.39 is 27.3 Å². The van der Waals surface area contributed by atoms with Gasteiger partial charge in [0.25, 0.3) is 11.5 Å². The SMILES string of the molecule is COc1cccc(CNC(=O)c2nc3ccc(F)c(OCCC4CN(S(C)(=O)=O)CCN4)c3c(=O)[nH]2)c1. The molecule has 1 unspecified atom stereocenters. The zero-order valence-corrected chi connectivity index (χ0v) is 21.2. The highest BCUT2D eigenvalue weighted by Gasteiger charge is 2.25. The maximum atomic E-state index is 14.6. The molecule has 0 radical (unpaired) electrons. The van der Waals surface area contributed by atoms with Gasteiger partial charge in [0, 0.05) is 32.2 Å². The van der Waals surface area contributed by atoms with Crippen molar-refractivity contribution in [3.63, 3.8) is 0 Å². The van der Waals surface area contributed by atoms with E-state index in [0.29, 0.717) is 25.3 Å². The second-order valence-electron chi connectivity index (χ2n) is 8.63. The Morgan fingerprint density at radius 3 is 2.86 bits per heavy atom. The topological polar surface area (TPSA) is 143 Å². The summed E-state index contributed by atoms with van der Waals surface area (Å²) in [5.41, 5.74) is 0.177. The molecule has 1 atom stereocenters. The highest BCUT2D eigenvalue weighted by atomic mass is 32.2. The molecule has 1 aliphatic heterocycles. The smallest absolute Gasteiger partial charge is 0.287 e. The number of piperazine rings is 1. The lowest BCUT2D eigenvalue weighted by molar-refractivity contribution is 0.0940. The molecular weight excluding hydrogens is 505 g/mol. The normalized spacial score (nSPS) is 16.5. The fourth-order valence-corrected chi connectivity index (χ4v) is 4.94. The minimum absolute atomic E-state index is 0.0352. The number of aromatic nitrogens is 2. The first-order chi connectivity index (χ1) is 17.7. The lowest BCUT2D eigenvalue weighted by Crippen LogP contribution is -2.52. The molecule has 11 nitrogen and oxygen atoms in total. The standard InChI is InChI=1S/C24H28FN5O6S/c1-35-17-5-3-4-15(12-17)13-27-24(32)22-28-19-7-6-18(25)21(20(19)23(31)29-22)36-11-8-16-14-30(10-9-26-16)37(2,33)34/h3-7,12,16,26H,8-11,13-14H2,1-2H3,(H,27,32)(H,28,29,31). The number of carbonyl (C=O) groups is 1. The van der Waals surface area contributed by atoms with Gasteiger partial charge in [-0.25, -0.2) is 17.8 Å². The van der Waals surface area contributed by atoms with Gasteiger partial charge in [0.05, 0.1) is 25.5 Å². The van der Waals surface area contributed by atoms with Crippen LogP contribution in [-0.4, -0.2) is 74.2 Å². The van der Waals surface area contributed by atoms with Crippen LogP contribution in [0.25, 0.3) is 10.9 Å². The number of nitrogens with one attached hydrogen (secondary N) is 3. The highest BCUT2D eigenvalue weighted by molar-refractivity contribution is 7.88. The van der Waals surface area contributed by atoms with Crippen molar-refractivity contribution in [3.05, 3.63) is 64.0 Å². The van der Waals surface area contributed by atoms with Gasteiger partial charge < -0.3 is 25.1 Å². The van der Waals surface area contributed by atoms with Crippen LogP contribution in [0.2, 0.25) is 0 Å². The third-order valence-corrected chi connectivity index (χ3v) is 7.25. The molecule has 1 amide bonds. The number of hydrogen-bond acceptors (Lipinski definition) is 8. The Balaban J connectivity index is 1.46. The van der Waals surface area contributed by atoms with E-state index in [9.17, 15) is 22.4 Å². The number of halogens is 1. The third kappa shape index (κ3) is 6.42. The van der Waals surface area contributed by atoms with Gasteiger partial charge in [-0.15, -0.1) is 0 Å². The number of hydrogen-bond donors (Lipinski definition) is 3. The number of nitrogens with zero attached hydrogens (tertiary/aromatic N) is 2. The van der Waals surface area contributed by atoms with E-state index in [2.05, 4.69) is 20.6 Å². The van der Waals surface area contributed by atoms with Crippen LogP contribution in [-0.2, 0) is 16.6 Å². The number of aromatic amines is 1. The van der Waals surface area contributed by atoms with E-state index in [1.165, 1.54) is 10.4 Å². The van der Waals surface area contributed by atoms with E-state index in [1.807, 2.05) is 6.07 Å². The number of sulfonamides is 1. The molecular formula is C24H28FN5O6S. The molecule has 2 aromatic carbocycles. The molecule has 13 heteroatoms. The minimum atomic E-state index is -3.31. The summed E-state index contributed by atoms with van der Waals surface area (Å²) >= 11 is 0. The first-order valence-electron chi connectivity index (χ1n) is 11.6. The summed E-state index contributed by atoms with van der Waals surface area (Å²) in [7, 11) is -1.77. The van der Waals surface area contributed by atoms with Crippen LogP contribution < -0.4 is 25.7 Å². The van der Waals surface area contributed by atoms with Crippen LogP contribution in [0.3, 0.4) is 0 Å². The number of rotatable bonds is 9. The van der Waals surface area contributed by atoms with Crippen molar-refractivity contribution in [1.29, 1.82) is 0 Å². The molecule has 2 heterocycles. The van der Waals surface area contributed by atoms with Crippen molar-refractivity contribution >= 4 is 26.8 Å². The van der Waals surface area contributed by atoms with Crippen LogP contribution in [0.5, 0.6) is 11.5 Å². The molecule has 0 saturated carbocycles. The monoisotopic (exact) mass is 533 g/mol. The number of benzene rings is 2. The van der Waals surface area contributed by atoms with E-state index in [-0.39, 0.29) is 48.2 Å². The lowest BCUT2D eigenvalue weighted by atomic mass is 10.1. The van der Waals surface area contributed by atoms with Gasteiger partial charge >= 0.3 is 0 Å². The van der Waals surface area contributed by atoms with Gasteiger partial charge in [0.15, 0.2) is 17.4 Å². The Morgan fingerprint density at radius 1 is 1.30 bits per heavy atom. The summed E-state index contributed by atoms with van der Waals surface area (Å²) in [6, 6.07) is 9.39. The molecule has 0 bridgehead atoms. The molecule has 1 aromatic heterocycles. The predicted octanol–water partition coefficient (Wildman–Crippen LogP) is 1.00. The Bertz CT molecular complexity index is 1460. The van der Waals surface area contributed by atoms with Crippen molar-refractivity contribution in [2.45, 2.75) is 19.0 Å². The Kier molecular flexibility index (Phi) is 8.05. The summed E-state index contributed by atoms with van der Waals surface area (Å²) in [6.45, 7) is 1.36. The van der Waals surface area contributed by atoms with E-state index >= 15 is 0 Å². The molecule has 1 aliphatic rings. The van der Waals surface area contributed by atoms with Gasteiger partial charge in [-0.05, 0) is 36.2 Å². The predicted molar refractivity (Wildman–Crippen MR) is 135 cm³/mol. The molecule has 37 heavy (non-hydrogen) atoms. The molecule has 1 fully saturated rings. The maximum absolute atomic E-state index is 14.6. The second kappa shape index (κ2) is 11.2. The number of fused-ring (bicyclic) bond motifs is 1. The number of ether oxygens (including phenoxy) is 2. The average Bonchev–Trinajstić information content (AvgIpc) is 2.88. The summed E-state index contributed by atoms with van der Waals surface area (Å²) in [4.78, 5) is 32.1. The second-order valence-corrected chi connectivity index (χ2v) is 10.6. The lowest BCUT2D eigenvalue weighted by Gasteiger charge is -2.32. The van der Waals surface area contributed by atoms with Gasteiger partial charge in [-0.1, -0.05) is 12.1 Å². The molecule has 1 saturated heterocycles. The van der Waals surface area contributed by atoms with Gasteiger partial charge in [0.1, 0.15) is 11.1 Å². The van der Waals surface area contributed by atoms with Crippen molar-refractivity contribution < 1.29 is 27.1 Å². The van der Waals surface area contributed by atoms with E-state index in [0.717, 1.165) is 17.9 Å². The summed E-state index contributed by atoms with van der Waals surface area (Å²) in [6.07, 6.45) is 1.54.